The van der Waals surface area contributed by atoms with Crippen molar-refractivity contribution >= 4 is 22.9 Å². The highest BCUT2D eigenvalue weighted by atomic mass is 35.5. The van der Waals surface area contributed by atoms with Gasteiger partial charge in [0.25, 0.3) is 0 Å². The number of rotatable bonds is 10. The van der Waals surface area contributed by atoms with Gasteiger partial charge in [-0.3, -0.25) is 4.99 Å². The Labute approximate surface area is 206 Å². The van der Waals surface area contributed by atoms with Gasteiger partial charge in [0.15, 0.2) is 0 Å². The van der Waals surface area contributed by atoms with Crippen molar-refractivity contribution in [2.45, 2.75) is 54.6 Å². The fourth-order valence-electron chi connectivity index (χ4n) is 3.00. The van der Waals surface area contributed by atoms with Crippen LogP contribution in [-0.4, -0.2) is 11.6 Å². The van der Waals surface area contributed by atoms with E-state index in [9.17, 15) is 0 Å². The van der Waals surface area contributed by atoms with Gasteiger partial charge >= 0.3 is 0 Å². The van der Waals surface area contributed by atoms with Crippen LogP contribution in [-0.2, 0) is 6.61 Å². The number of nitrogens with zero attached hydrogens (tertiary/aromatic N) is 1. The van der Waals surface area contributed by atoms with E-state index in [1.165, 1.54) is 5.56 Å². The molecule has 0 fully saturated rings. The minimum atomic E-state index is 0.495. The average Bonchev–Trinajstić information content (AvgIpc) is 2.85. The Morgan fingerprint density at radius 3 is 2.42 bits per heavy atom. The number of hydrogen-bond donors (Lipinski definition) is 0. The van der Waals surface area contributed by atoms with Gasteiger partial charge in [-0.05, 0) is 62.1 Å². The van der Waals surface area contributed by atoms with Crippen molar-refractivity contribution in [1.82, 2.24) is 0 Å². The van der Waals surface area contributed by atoms with Crippen LogP contribution in [0, 0.1) is 6.92 Å². The first-order valence-corrected chi connectivity index (χ1v) is 12.2. The molecule has 0 aliphatic carbocycles. The SMILES string of the molecule is C/C=C(C(C=C/C(C)=C/CCl)=N/C=C/CC)\c1cc(OCc2ccccc2)ccc1C.CC. The largest absolute Gasteiger partial charge is 0.489 e. The number of aryl methyl sites for hydroxylation is 1. The van der Waals surface area contributed by atoms with Gasteiger partial charge in [-0.2, -0.15) is 0 Å². The van der Waals surface area contributed by atoms with E-state index in [0.717, 1.165) is 40.2 Å². The summed E-state index contributed by atoms with van der Waals surface area (Å²) in [4.78, 5) is 4.74. The number of benzene rings is 2. The van der Waals surface area contributed by atoms with Gasteiger partial charge < -0.3 is 4.74 Å². The first-order chi connectivity index (χ1) is 16.1. The molecule has 0 aliphatic rings. The van der Waals surface area contributed by atoms with Crippen molar-refractivity contribution in [2.24, 2.45) is 4.99 Å². The van der Waals surface area contributed by atoms with Crippen molar-refractivity contribution in [3.05, 3.63) is 107 Å². The molecular formula is C30H38ClNO. The predicted octanol–water partition coefficient (Wildman–Crippen LogP) is 9.11. The Hall–Kier alpha value is -2.84. The molecule has 0 bridgehead atoms. The number of halogens is 1. The topological polar surface area (TPSA) is 21.6 Å². The van der Waals surface area contributed by atoms with Crippen LogP contribution in [0.25, 0.3) is 5.57 Å². The summed E-state index contributed by atoms with van der Waals surface area (Å²) in [7, 11) is 0. The molecule has 0 aromatic heterocycles. The van der Waals surface area contributed by atoms with Crippen molar-refractivity contribution < 1.29 is 4.74 Å². The summed E-state index contributed by atoms with van der Waals surface area (Å²) in [6.07, 6.45) is 13.0. The minimum Gasteiger partial charge on any atom is -0.489 e. The van der Waals surface area contributed by atoms with E-state index in [4.69, 9.17) is 21.3 Å². The highest BCUT2D eigenvalue weighted by molar-refractivity contribution is 6.29. The van der Waals surface area contributed by atoms with Crippen molar-refractivity contribution in [1.29, 1.82) is 0 Å². The van der Waals surface area contributed by atoms with Crippen LogP contribution in [0.4, 0.5) is 0 Å². The maximum Gasteiger partial charge on any atom is 0.120 e. The van der Waals surface area contributed by atoms with Crippen LogP contribution in [0.2, 0.25) is 0 Å². The van der Waals surface area contributed by atoms with Gasteiger partial charge in [0.05, 0.1) is 5.71 Å². The molecule has 0 unspecified atom stereocenters. The smallest absolute Gasteiger partial charge is 0.120 e. The Balaban J connectivity index is 0.00000265. The molecule has 0 saturated heterocycles. The zero-order valence-electron chi connectivity index (χ0n) is 20.9. The van der Waals surface area contributed by atoms with Crippen LogP contribution in [0.5, 0.6) is 5.75 Å². The lowest BCUT2D eigenvalue weighted by Crippen LogP contribution is -2.02. The molecule has 0 saturated carbocycles. The lowest BCUT2D eigenvalue weighted by molar-refractivity contribution is 0.306. The number of allylic oxidation sites excluding steroid dienone is 7. The lowest BCUT2D eigenvalue weighted by Gasteiger charge is -2.14. The molecule has 0 N–H and O–H groups in total. The van der Waals surface area contributed by atoms with E-state index < -0.39 is 0 Å². The van der Waals surface area contributed by atoms with Gasteiger partial charge in [0.2, 0.25) is 0 Å². The molecule has 0 heterocycles. The third-order valence-corrected chi connectivity index (χ3v) is 4.92. The number of aliphatic imine (C=N–C) groups is 1. The molecule has 2 aromatic carbocycles. The first kappa shape index (κ1) is 28.2. The summed E-state index contributed by atoms with van der Waals surface area (Å²) in [5, 5.41) is 0. The summed E-state index contributed by atoms with van der Waals surface area (Å²) >= 11 is 5.84. The zero-order valence-corrected chi connectivity index (χ0v) is 21.7. The molecule has 33 heavy (non-hydrogen) atoms. The number of alkyl halides is 1. The second-order valence-electron chi connectivity index (χ2n) is 7.20. The minimum absolute atomic E-state index is 0.495. The van der Waals surface area contributed by atoms with E-state index in [0.29, 0.717) is 12.5 Å². The monoisotopic (exact) mass is 463 g/mol. The molecule has 176 valence electrons. The van der Waals surface area contributed by atoms with Crippen LogP contribution in [0.15, 0.2) is 95.7 Å². The second kappa shape index (κ2) is 16.7. The van der Waals surface area contributed by atoms with Crippen LogP contribution < -0.4 is 4.74 Å². The molecular weight excluding hydrogens is 426 g/mol. The van der Waals surface area contributed by atoms with Crippen molar-refractivity contribution in [3.63, 3.8) is 0 Å². The molecule has 0 radical (unpaired) electrons. The normalized spacial score (nSPS) is 12.8. The molecule has 2 nitrogen and oxygen atoms in total. The quantitative estimate of drug-likeness (QED) is 0.195. The van der Waals surface area contributed by atoms with Crippen LogP contribution >= 0.6 is 11.6 Å². The molecule has 0 atom stereocenters. The van der Waals surface area contributed by atoms with E-state index in [2.05, 4.69) is 56.3 Å². The van der Waals surface area contributed by atoms with E-state index in [1.807, 2.05) is 70.3 Å². The third kappa shape index (κ3) is 10.1. The summed E-state index contributed by atoms with van der Waals surface area (Å²) in [5.74, 6) is 1.34. The molecule has 0 spiro atoms. The standard InChI is InChI=1S/C28H32ClNO.C2H6/c1-5-7-19-30-28(16-13-22(3)17-18-29)26(6-2)27-20-25(15-14-23(27)4)31-21-24-11-9-8-10-12-24;1-2/h6-17,19-20H,5,18,21H2,1-4H3;1-2H3/b16-13?,19-7+,22-17+,26-6+,30-28?;. The predicted molar refractivity (Wildman–Crippen MR) is 147 cm³/mol. The molecule has 3 heteroatoms. The third-order valence-electron chi connectivity index (χ3n) is 4.77. The fraction of sp³-hybridized carbons (Fsp3) is 0.300. The number of hydrogen-bond acceptors (Lipinski definition) is 2. The molecule has 2 rings (SSSR count). The first-order valence-electron chi connectivity index (χ1n) is 11.7. The summed E-state index contributed by atoms with van der Waals surface area (Å²) in [6, 6.07) is 16.4. The van der Waals surface area contributed by atoms with Gasteiger partial charge in [-0.1, -0.05) is 87.0 Å². The molecule has 2 aromatic rings. The number of ether oxygens (including phenoxy) is 1. The molecule has 0 aliphatic heterocycles. The van der Waals surface area contributed by atoms with Gasteiger partial charge in [0, 0.05) is 17.7 Å². The van der Waals surface area contributed by atoms with Gasteiger partial charge in [-0.25, -0.2) is 0 Å². The summed E-state index contributed by atoms with van der Waals surface area (Å²) < 4.78 is 6.07. The Morgan fingerprint density at radius 1 is 1.06 bits per heavy atom. The Kier molecular flexibility index (Phi) is 14.3. The van der Waals surface area contributed by atoms with E-state index in [-0.39, 0.29) is 0 Å². The van der Waals surface area contributed by atoms with Crippen LogP contribution in [0.3, 0.4) is 0 Å². The highest BCUT2D eigenvalue weighted by Crippen LogP contribution is 2.27. The maximum atomic E-state index is 6.07. The van der Waals surface area contributed by atoms with Crippen molar-refractivity contribution in [3.8, 4) is 5.75 Å². The Bertz CT molecular complexity index is 982. The summed E-state index contributed by atoms with van der Waals surface area (Å²) in [6.45, 7) is 12.8. The van der Waals surface area contributed by atoms with Gasteiger partial charge in [-0.15, -0.1) is 11.6 Å². The zero-order chi connectivity index (χ0) is 24.5. The van der Waals surface area contributed by atoms with Gasteiger partial charge in [0.1, 0.15) is 12.4 Å². The highest BCUT2D eigenvalue weighted by Gasteiger charge is 2.11. The van der Waals surface area contributed by atoms with E-state index >= 15 is 0 Å². The molecule has 0 amide bonds. The fourth-order valence-corrected chi connectivity index (χ4v) is 3.25. The van der Waals surface area contributed by atoms with Crippen molar-refractivity contribution in [2.75, 3.05) is 5.88 Å². The maximum absolute atomic E-state index is 6.07. The van der Waals surface area contributed by atoms with Crippen LogP contribution in [0.1, 0.15) is 57.7 Å². The van der Waals surface area contributed by atoms with E-state index in [1.54, 1.807) is 0 Å². The lowest BCUT2D eigenvalue weighted by atomic mass is 9.95. The summed E-state index contributed by atoms with van der Waals surface area (Å²) in [5.41, 5.74) is 6.51. The Morgan fingerprint density at radius 2 is 1.79 bits per heavy atom. The average molecular weight is 464 g/mol. The second-order valence-corrected chi connectivity index (χ2v) is 7.51.